The van der Waals surface area contributed by atoms with Gasteiger partial charge in [-0.25, -0.2) is 0 Å². The highest BCUT2D eigenvalue weighted by Crippen LogP contribution is 2.31. The van der Waals surface area contributed by atoms with E-state index in [0.29, 0.717) is 16.3 Å². The summed E-state index contributed by atoms with van der Waals surface area (Å²) in [5.74, 6) is 1.20. The summed E-state index contributed by atoms with van der Waals surface area (Å²) >= 11 is 5.25. The zero-order valence-electron chi connectivity index (χ0n) is 12.5. The highest BCUT2D eigenvalue weighted by Gasteiger charge is 2.21. The summed E-state index contributed by atoms with van der Waals surface area (Å²) in [5.41, 5.74) is 0.689. The molecule has 0 unspecified atom stereocenters. The molecule has 0 spiro atoms. The summed E-state index contributed by atoms with van der Waals surface area (Å²) in [6.45, 7) is 0. The summed E-state index contributed by atoms with van der Waals surface area (Å²) in [6, 6.07) is 6.33. The monoisotopic (exact) mass is 331 g/mol. The molecule has 23 heavy (non-hydrogen) atoms. The Morgan fingerprint density at radius 2 is 2.17 bits per heavy atom. The van der Waals surface area contributed by atoms with Crippen LogP contribution in [0.2, 0.25) is 0 Å². The van der Waals surface area contributed by atoms with Gasteiger partial charge in [-0.2, -0.15) is 14.9 Å². The van der Waals surface area contributed by atoms with Gasteiger partial charge in [0.15, 0.2) is 5.82 Å². The number of aromatic amines is 1. The molecule has 1 N–H and O–H groups in total. The molecule has 0 amide bonds. The zero-order chi connectivity index (χ0) is 16.2. The second-order valence-corrected chi connectivity index (χ2v) is 6.02. The normalized spacial score (nSPS) is 16.0. The van der Waals surface area contributed by atoms with Crippen molar-refractivity contribution >= 4 is 24.1 Å². The lowest BCUT2D eigenvalue weighted by Gasteiger charge is -2.19. The molecule has 0 aliphatic heterocycles. The van der Waals surface area contributed by atoms with E-state index in [-0.39, 0.29) is 5.69 Å². The van der Waals surface area contributed by atoms with E-state index in [0.717, 1.165) is 18.7 Å². The highest BCUT2D eigenvalue weighted by molar-refractivity contribution is 7.71. The van der Waals surface area contributed by atoms with Crippen LogP contribution in [0.1, 0.15) is 49.4 Å². The van der Waals surface area contributed by atoms with Gasteiger partial charge in [0.05, 0.1) is 11.1 Å². The van der Waals surface area contributed by atoms with Crippen molar-refractivity contribution in [3.05, 3.63) is 50.5 Å². The maximum Gasteiger partial charge on any atom is 0.270 e. The summed E-state index contributed by atoms with van der Waals surface area (Å²) < 4.78 is 2.07. The number of H-pyrrole nitrogens is 1. The van der Waals surface area contributed by atoms with Crippen LogP contribution in [0, 0.1) is 14.9 Å². The van der Waals surface area contributed by atoms with Gasteiger partial charge in [-0.1, -0.05) is 31.4 Å². The zero-order valence-corrected chi connectivity index (χ0v) is 13.3. The van der Waals surface area contributed by atoms with Gasteiger partial charge < -0.3 is 0 Å². The summed E-state index contributed by atoms with van der Waals surface area (Å²) in [5, 5.41) is 22.3. The fraction of sp³-hybridized carbons (Fsp3) is 0.400. The Kier molecular flexibility index (Phi) is 4.61. The minimum absolute atomic E-state index is 0.0391. The first-order valence-electron chi connectivity index (χ1n) is 7.61. The molecule has 2 aromatic rings. The van der Waals surface area contributed by atoms with Gasteiger partial charge >= 0.3 is 0 Å². The lowest BCUT2D eigenvalue weighted by Crippen LogP contribution is -2.10. The average Bonchev–Trinajstić information content (AvgIpc) is 2.95. The number of hydrogen-bond acceptors (Lipinski definition) is 5. The Balaban J connectivity index is 1.87. The van der Waals surface area contributed by atoms with Crippen molar-refractivity contribution in [2.45, 2.75) is 38.0 Å². The lowest BCUT2D eigenvalue weighted by molar-refractivity contribution is -0.384. The van der Waals surface area contributed by atoms with Crippen molar-refractivity contribution in [2.24, 2.45) is 5.10 Å². The fourth-order valence-corrected chi connectivity index (χ4v) is 3.07. The van der Waals surface area contributed by atoms with Crippen LogP contribution in [-0.2, 0) is 0 Å². The Morgan fingerprint density at radius 3 is 2.91 bits per heavy atom. The molecular weight excluding hydrogens is 314 g/mol. The minimum Gasteiger partial charge on any atom is -0.258 e. The topological polar surface area (TPSA) is 89.1 Å². The van der Waals surface area contributed by atoms with Gasteiger partial charge in [0.25, 0.3) is 5.69 Å². The maximum atomic E-state index is 10.8. The molecule has 0 bridgehead atoms. The fourth-order valence-electron chi connectivity index (χ4n) is 2.88. The van der Waals surface area contributed by atoms with E-state index in [2.05, 4.69) is 15.3 Å². The van der Waals surface area contributed by atoms with E-state index in [1.807, 2.05) is 0 Å². The van der Waals surface area contributed by atoms with Crippen molar-refractivity contribution in [1.82, 2.24) is 14.9 Å². The molecular formula is C15H17N5O2S. The van der Waals surface area contributed by atoms with Gasteiger partial charge in [-0.3, -0.25) is 15.2 Å². The molecule has 1 aromatic heterocycles. The first-order chi connectivity index (χ1) is 11.1. The number of nitro benzene ring substituents is 1. The van der Waals surface area contributed by atoms with E-state index >= 15 is 0 Å². The number of benzene rings is 1. The maximum absolute atomic E-state index is 10.8. The van der Waals surface area contributed by atoms with E-state index in [9.17, 15) is 10.1 Å². The van der Waals surface area contributed by atoms with E-state index in [1.165, 1.54) is 31.4 Å². The first kappa shape index (κ1) is 15.5. The highest BCUT2D eigenvalue weighted by atomic mass is 32.1. The van der Waals surface area contributed by atoms with E-state index in [4.69, 9.17) is 12.2 Å². The SMILES string of the molecule is O=[N+]([O-])c1cccc(/C=N\n2c(C3CCCCC3)n[nH]c2=S)c1. The molecule has 0 saturated heterocycles. The summed E-state index contributed by atoms with van der Waals surface area (Å²) in [7, 11) is 0. The molecule has 0 radical (unpaired) electrons. The predicted octanol–water partition coefficient (Wildman–Crippen LogP) is 3.78. The molecule has 120 valence electrons. The molecule has 0 atom stereocenters. The van der Waals surface area contributed by atoms with Crippen LogP contribution < -0.4 is 0 Å². The number of non-ortho nitro benzene ring substituents is 1. The van der Waals surface area contributed by atoms with Crippen molar-refractivity contribution < 1.29 is 4.92 Å². The molecule has 1 saturated carbocycles. The van der Waals surface area contributed by atoms with Crippen LogP contribution in [0.5, 0.6) is 0 Å². The van der Waals surface area contributed by atoms with Gasteiger partial charge in [0.1, 0.15) is 0 Å². The van der Waals surface area contributed by atoms with E-state index in [1.54, 1.807) is 23.0 Å². The number of rotatable bonds is 4. The van der Waals surface area contributed by atoms with Crippen LogP contribution >= 0.6 is 12.2 Å². The Morgan fingerprint density at radius 1 is 1.39 bits per heavy atom. The predicted molar refractivity (Wildman–Crippen MR) is 89.3 cm³/mol. The van der Waals surface area contributed by atoms with Crippen molar-refractivity contribution in [2.75, 3.05) is 0 Å². The second kappa shape index (κ2) is 6.82. The first-order valence-corrected chi connectivity index (χ1v) is 8.02. The molecule has 1 fully saturated rings. The molecule has 8 heteroatoms. The third kappa shape index (κ3) is 3.53. The molecule has 1 aliphatic rings. The number of hydrogen-bond donors (Lipinski definition) is 1. The van der Waals surface area contributed by atoms with Gasteiger partial charge in [0, 0.05) is 23.6 Å². The largest absolute Gasteiger partial charge is 0.270 e. The van der Waals surface area contributed by atoms with Crippen LogP contribution in [0.3, 0.4) is 0 Å². The number of nitro groups is 1. The average molecular weight is 331 g/mol. The van der Waals surface area contributed by atoms with Gasteiger partial charge in [0.2, 0.25) is 4.77 Å². The van der Waals surface area contributed by atoms with Crippen molar-refractivity contribution in [3.8, 4) is 0 Å². The summed E-state index contributed by atoms with van der Waals surface area (Å²) in [6.07, 6.45) is 7.40. The van der Waals surface area contributed by atoms with Crippen molar-refractivity contribution in [1.29, 1.82) is 0 Å². The van der Waals surface area contributed by atoms with Crippen LogP contribution in [-0.4, -0.2) is 26.0 Å². The molecule has 1 aliphatic carbocycles. The third-order valence-corrected chi connectivity index (χ3v) is 4.31. The second-order valence-electron chi connectivity index (χ2n) is 5.63. The van der Waals surface area contributed by atoms with Crippen LogP contribution in [0.15, 0.2) is 29.4 Å². The Labute approximate surface area is 138 Å². The molecule has 1 heterocycles. The molecule has 1 aromatic carbocycles. The lowest BCUT2D eigenvalue weighted by atomic mass is 9.89. The van der Waals surface area contributed by atoms with Gasteiger partial charge in [-0.15, -0.1) is 0 Å². The standard InChI is InChI=1S/C15H17N5O2S/c21-20(22)13-8-4-5-11(9-13)10-16-19-14(17-18-15(19)23)12-6-2-1-3-7-12/h4-5,8-10,12H,1-3,6-7H2,(H,18,23)/b16-10-. The quantitative estimate of drug-likeness (QED) is 0.399. The Bertz CT molecular complexity index is 789. The minimum atomic E-state index is -0.422. The smallest absolute Gasteiger partial charge is 0.258 e. The third-order valence-electron chi connectivity index (χ3n) is 4.05. The Hall–Kier alpha value is -2.35. The summed E-state index contributed by atoms with van der Waals surface area (Å²) in [4.78, 5) is 10.4. The van der Waals surface area contributed by atoms with E-state index < -0.39 is 4.92 Å². The number of aromatic nitrogens is 3. The molecule has 3 rings (SSSR count). The number of nitrogens with one attached hydrogen (secondary N) is 1. The van der Waals surface area contributed by atoms with Crippen molar-refractivity contribution in [3.63, 3.8) is 0 Å². The number of nitrogens with zero attached hydrogens (tertiary/aromatic N) is 4. The van der Waals surface area contributed by atoms with Crippen LogP contribution in [0.4, 0.5) is 5.69 Å². The molecule has 7 nitrogen and oxygen atoms in total. The van der Waals surface area contributed by atoms with Crippen LogP contribution in [0.25, 0.3) is 0 Å². The van der Waals surface area contributed by atoms with Gasteiger partial charge in [-0.05, 0) is 25.1 Å².